The van der Waals surface area contributed by atoms with E-state index in [9.17, 15) is 14.4 Å². The molecule has 0 aliphatic carbocycles. The van der Waals surface area contributed by atoms with Crippen LogP contribution in [0.2, 0.25) is 0 Å². The summed E-state index contributed by atoms with van der Waals surface area (Å²) in [4.78, 5) is 42.1. The number of esters is 1. The summed E-state index contributed by atoms with van der Waals surface area (Å²) >= 11 is 0. The Balaban J connectivity index is 2.02. The van der Waals surface area contributed by atoms with Crippen LogP contribution in [0.1, 0.15) is 76.1 Å². The molecule has 0 radical (unpaired) electrons. The number of hydrogen-bond acceptors (Lipinski definition) is 6. The number of rotatable bonds is 8. The van der Waals surface area contributed by atoms with E-state index in [2.05, 4.69) is 20.7 Å². The number of nitrogens with one attached hydrogen (secondary N) is 3. The molecule has 30 heavy (non-hydrogen) atoms. The minimum Gasteiger partial charge on any atom is -0.459 e. The summed E-state index contributed by atoms with van der Waals surface area (Å²) in [6.07, 6.45) is -0.275. The van der Waals surface area contributed by atoms with Crippen LogP contribution in [0.4, 0.5) is 0 Å². The van der Waals surface area contributed by atoms with Gasteiger partial charge in [-0.1, -0.05) is 13.8 Å². The lowest BCUT2D eigenvalue weighted by Crippen LogP contribution is -2.41. The molecule has 2 amide bonds. The lowest BCUT2D eigenvalue weighted by Gasteiger charge is -2.15. The fraction of sp³-hybridized carbons (Fsp3) is 0.476. The predicted molar refractivity (Wildman–Crippen MR) is 111 cm³/mol. The second kappa shape index (κ2) is 10.1. The van der Waals surface area contributed by atoms with Crippen molar-refractivity contribution >= 4 is 17.8 Å². The molecule has 0 bridgehead atoms. The Kier molecular flexibility index (Phi) is 7.82. The van der Waals surface area contributed by atoms with E-state index < -0.39 is 17.8 Å². The zero-order valence-corrected chi connectivity index (χ0v) is 18.3. The zero-order valence-electron chi connectivity index (χ0n) is 18.3. The van der Waals surface area contributed by atoms with E-state index in [1.165, 1.54) is 0 Å². The van der Waals surface area contributed by atoms with Gasteiger partial charge in [-0.25, -0.2) is 4.79 Å². The van der Waals surface area contributed by atoms with Crippen molar-refractivity contribution in [1.82, 2.24) is 20.7 Å². The van der Waals surface area contributed by atoms with Crippen LogP contribution in [0.3, 0.4) is 0 Å². The van der Waals surface area contributed by atoms with Crippen LogP contribution in [0.15, 0.2) is 16.5 Å². The number of aromatic nitrogens is 1. The van der Waals surface area contributed by atoms with Crippen molar-refractivity contribution in [2.24, 2.45) is 0 Å². The molecule has 9 heteroatoms. The Morgan fingerprint density at radius 3 is 2.33 bits per heavy atom. The number of H-pyrrole nitrogens is 1. The van der Waals surface area contributed by atoms with Crippen LogP contribution >= 0.6 is 0 Å². The summed E-state index contributed by atoms with van der Waals surface area (Å²) in [5.41, 5.74) is 6.11. The molecule has 9 nitrogen and oxygen atoms in total. The first kappa shape index (κ1) is 23.2. The number of hydrazine groups is 1. The highest BCUT2D eigenvalue weighted by molar-refractivity contribution is 6.01. The van der Waals surface area contributed by atoms with E-state index in [0.29, 0.717) is 29.1 Å². The van der Waals surface area contributed by atoms with Gasteiger partial charge in [0.05, 0.1) is 18.2 Å². The quantitative estimate of drug-likeness (QED) is 0.448. The van der Waals surface area contributed by atoms with E-state index in [1.807, 2.05) is 13.8 Å². The van der Waals surface area contributed by atoms with Crippen LogP contribution < -0.4 is 10.9 Å². The van der Waals surface area contributed by atoms with E-state index in [-0.39, 0.29) is 17.6 Å². The molecule has 0 aliphatic heterocycles. The molecule has 0 saturated heterocycles. The topological polar surface area (TPSA) is 117 Å². The Morgan fingerprint density at radius 2 is 1.73 bits per heavy atom. The van der Waals surface area contributed by atoms with Gasteiger partial charge in [0.15, 0.2) is 5.76 Å². The van der Waals surface area contributed by atoms with Gasteiger partial charge in [-0.05, 0) is 58.5 Å². The van der Waals surface area contributed by atoms with Gasteiger partial charge in [0.25, 0.3) is 5.91 Å². The smallest absolute Gasteiger partial charge is 0.340 e. The first-order valence-corrected chi connectivity index (χ1v) is 9.99. The number of hydrogen-bond donors (Lipinski definition) is 3. The summed E-state index contributed by atoms with van der Waals surface area (Å²) in [7, 11) is 0. The molecule has 0 unspecified atom stereocenters. The number of ether oxygens (including phenoxy) is 1. The maximum absolute atomic E-state index is 12.5. The van der Waals surface area contributed by atoms with Crippen LogP contribution in [0, 0.1) is 13.8 Å². The van der Waals surface area contributed by atoms with Crippen molar-refractivity contribution < 1.29 is 23.5 Å². The predicted octanol–water partition coefficient (Wildman–Crippen LogP) is 2.71. The van der Waals surface area contributed by atoms with E-state index in [1.54, 1.807) is 39.8 Å². The van der Waals surface area contributed by atoms with Gasteiger partial charge in [0.1, 0.15) is 11.5 Å². The molecule has 164 valence electrons. The third-order valence-electron chi connectivity index (χ3n) is 4.66. The monoisotopic (exact) mass is 418 g/mol. The second-order valence-corrected chi connectivity index (χ2v) is 7.21. The minimum atomic E-state index is -0.581. The van der Waals surface area contributed by atoms with Gasteiger partial charge in [-0.2, -0.15) is 0 Å². The zero-order chi connectivity index (χ0) is 22.4. The largest absolute Gasteiger partial charge is 0.459 e. The maximum Gasteiger partial charge on any atom is 0.340 e. The Labute approximate surface area is 176 Å². The van der Waals surface area contributed by atoms with Crippen molar-refractivity contribution in [3.63, 3.8) is 0 Å². The fourth-order valence-electron chi connectivity index (χ4n) is 3.05. The third-order valence-corrected chi connectivity index (χ3v) is 4.66. The van der Waals surface area contributed by atoms with Crippen molar-refractivity contribution in [3.05, 3.63) is 46.2 Å². The molecular weight excluding hydrogens is 388 g/mol. The summed E-state index contributed by atoms with van der Waals surface area (Å²) in [6, 6.07) is 3.30. The summed E-state index contributed by atoms with van der Waals surface area (Å²) in [5, 5.41) is 0. The van der Waals surface area contributed by atoms with E-state index in [0.717, 1.165) is 13.1 Å². The number of aryl methyl sites for hydroxylation is 1. The van der Waals surface area contributed by atoms with Crippen LogP contribution in [0.5, 0.6) is 0 Å². The number of aromatic amines is 1. The number of furan rings is 1. The lowest BCUT2D eigenvalue weighted by atomic mass is 10.1. The average molecular weight is 418 g/mol. The second-order valence-electron chi connectivity index (χ2n) is 7.21. The highest BCUT2D eigenvalue weighted by Crippen LogP contribution is 2.19. The lowest BCUT2D eigenvalue weighted by molar-refractivity contribution is 0.0376. The summed E-state index contributed by atoms with van der Waals surface area (Å²) in [5.74, 6) is -0.898. The number of carbonyl (C=O) groups excluding carboxylic acids is 3. The van der Waals surface area contributed by atoms with Crippen LogP contribution in [-0.2, 0) is 11.3 Å². The average Bonchev–Trinajstić information content (AvgIpc) is 3.27. The van der Waals surface area contributed by atoms with Gasteiger partial charge >= 0.3 is 11.9 Å². The normalized spacial score (nSPS) is 11.1. The van der Waals surface area contributed by atoms with Crippen LogP contribution in [-0.4, -0.2) is 46.9 Å². The first-order chi connectivity index (χ1) is 14.2. The number of carbonyl (C=O) groups is 3. The van der Waals surface area contributed by atoms with Gasteiger partial charge in [0.2, 0.25) is 0 Å². The van der Waals surface area contributed by atoms with Crippen molar-refractivity contribution in [2.45, 2.75) is 54.2 Å². The molecule has 0 aliphatic rings. The number of nitrogens with zero attached hydrogens (tertiary/aromatic N) is 1. The molecule has 3 N–H and O–H groups in total. The molecule has 0 fully saturated rings. The molecule has 0 aromatic carbocycles. The Morgan fingerprint density at radius 1 is 1.10 bits per heavy atom. The molecule has 2 aromatic heterocycles. The van der Waals surface area contributed by atoms with Crippen LogP contribution in [0.25, 0.3) is 0 Å². The highest BCUT2D eigenvalue weighted by atomic mass is 16.5. The Bertz CT molecular complexity index is 909. The first-order valence-electron chi connectivity index (χ1n) is 9.99. The number of amides is 2. The molecule has 0 atom stereocenters. The fourth-order valence-corrected chi connectivity index (χ4v) is 3.05. The third kappa shape index (κ3) is 5.50. The van der Waals surface area contributed by atoms with Gasteiger partial charge < -0.3 is 14.1 Å². The van der Waals surface area contributed by atoms with Gasteiger partial charge in [-0.3, -0.25) is 25.3 Å². The molecule has 2 heterocycles. The maximum atomic E-state index is 12.5. The van der Waals surface area contributed by atoms with Gasteiger partial charge in [0, 0.05) is 5.69 Å². The SMILES string of the molecule is CCN(CC)Cc1ccc(C(=O)NNC(=O)c2[nH]c(C)c(C(=O)OC(C)C)c2C)o1. The van der Waals surface area contributed by atoms with E-state index in [4.69, 9.17) is 9.15 Å². The highest BCUT2D eigenvalue weighted by Gasteiger charge is 2.24. The van der Waals surface area contributed by atoms with Crippen molar-refractivity contribution in [3.8, 4) is 0 Å². The molecule has 2 aromatic rings. The standard InChI is InChI=1S/C21H30N4O5/c1-7-25(8-2)11-15-9-10-16(30-15)19(26)23-24-20(27)18-13(5)17(14(6)22-18)21(28)29-12(3)4/h9-10,12,22H,7-8,11H2,1-6H3,(H,23,26)(H,24,27). The summed E-state index contributed by atoms with van der Waals surface area (Å²) < 4.78 is 10.8. The van der Waals surface area contributed by atoms with Crippen molar-refractivity contribution in [2.75, 3.05) is 13.1 Å². The Hall–Kier alpha value is -3.07. The molecule has 0 spiro atoms. The van der Waals surface area contributed by atoms with E-state index >= 15 is 0 Å². The molecular formula is C21H30N4O5. The van der Waals surface area contributed by atoms with Crippen molar-refractivity contribution in [1.29, 1.82) is 0 Å². The molecule has 0 saturated carbocycles. The summed E-state index contributed by atoms with van der Waals surface area (Å²) in [6.45, 7) is 13.3. The minimum absolute atomic E-state index is 0.0954. The molecule has 2 rings (SSSR count). The van der Waals surface area contributed by atoms with Gasteiger partial charge in [-0.15, -0.1) is 0 Å².